The third kappa shape index (κ3) is 4.13. The molecule has 3 rings (SSSR count). The Balaban J connectivity index is 1.51. The van der Waals surface area contributed by atoms with E-state index in [0.717, 1.165) is 27.8 Å². The fraction of sp³-hybridized carbons (Fsp3) is 0.412. The summed E-state index contributed by atoms with van der Waals surface area (Å²) in [5.41, 5.74) is 0.907. The van der Waals surface area contributed by atoms with Gasteiger partial charge in [0, 0.05) is 23.9 Å². The second kappa shape index (κ2) is 7.47. The van der Waals surface area contributed by atoms with Crippen molar-refractivity contribution in [2.45, 2.75) is 24.9 Å². The minimum Gasteiger partial charge on any atom is -0.380 e. The summed E-state index contributed by atoms with van der Waals surface area (Å²) in [5, 5.41) is 16.2. The molecule has 0 unspecified atom stereocenters. The largest absolute Gasteiger partial charge is 0.380 e. The molecule has 0 bridgehead atoms. The number of aromatic nitrogens is 1. The molecule has 1 amide bonds. The van der Waals surface area contributed by atoms with Crippen molar-refractivity contribution in [1.29, 1.82) is 0 Å². The quantitative estimate of drug-likeness (QED) is 0.872. The Hall–Kier alpha value is -1.37. The number of thiazole rings is 1. The summed E-state index contributed by atoms with van der Waals surface area (Å²) in [6.07, 6.45) is 1.76. The van der Waals surface area contributed by atoms with Crippen LogP contribution in [0.4, 0.5) is 0 Å². The lowest BCUT2D eigenvalue weighted by molar-refractivity contribution is -0.140. The van der Waals surface area contributed by atoms with Gasteiger partial charge >= 0.3 is 0 Å². The highest BCUT2D eigenvalue weighted by atomic mass is 32.2. The molecule has 0 atom stereocenters. The van der Waals surface area contributed by atoms with Crippen LogP contribution in [-0.4, -0.2) is 39.6 Å². The van der Waals surface area contributed by atoms with E-state index >= 15 is 0 Å². The third-order valence-electron chi connectivity index (χ3n) is 3.98. The number of rotatable bonds is 5. The molecular formula is C17H20N2O2S2. The second-order valence-corrected chi connectivity index (χ2v) is 7.74. The number of hydrogen-bond acceptors (Lipinski definition) is 5. The molecule has 1 fully saturated rings. The first kappa shape index (κ1) is 16.5. The molecule has 1 aromatic carbocycles. The van der Waals surface area contributed by atoms with E-state index in [2.05, 4.69) is 10.3 Å². The van der Waals surface area contributed by atoms with Gasteiger partial charge in [-0.05, 0) is 24.3 Å². The number of thioether (sulfide) groups is 1. The van der Waals surface area contributed by atoms with E-state index in [9.17, 15) is 9.90 Å². The van der Waals surface area contributed by atoms with Gasteiger partial charge in [0.15, 0.2) is 0 Å². The highest BCUT2D eigenvalue weighted by Crippen LogP contribution is 2.27. The molecule has 1 aromatic heterocycles. The Morgan fingerprint density at radius 3 is 2.74 bits per heavy atom. The molecule has 0 spiro atoms. The van der Waals surface area contributed by atoms with E-state index in [4.69, 9.17) is 0 Å². The summed E-state index contributed by atoms with van der Waals surface area (Å²) in [4.78, 5) is 16.8. The van der Waals surface area contributed by atoms with Crippen molar-refractivity contribution < 1.29 is 9.90 Å². The zero-order valence-corrected chi connectivity index (χ0v) is 14.5. The minimum atomic E-state index is -1.18. The zero-order chi connectivity index (χ0) is 16.1. The average Bonchev–Trinajstić information content (AvgIpc) is 3.05. The van der Waals surface area contributed by atoms with Gasteiger partial charge in [-0.25, -0.2) is 4.98 Å². The zero-order valence-electron chi connectivity index (χ0n) is 12.8. The normalized spacial score (nSPS) is 16.9. The standard InChI is InChI=1S/C17H20N2O2S2/c20-16(17(21)7-10-22-11-8-17)18-9-6-14-12-23-15(19-14)13-4-2-1-3-5-13/h1-5,12,21H,6-11H2,(H,18,20). The first-order valence-electron chi connectivity index (χ1n) is 7.76. The number of hydrogen-bond donors (Lipinski definition) is 2. The topological polar surface area (TPSA) is 62.2 Å². The predicted octanol–water partition coefficient (Wildman–Crippen LogP) is 2.73. The van der Waals surface area contributed by atoms with Gasteiger partial charge in [0.1, 0.15) is 10.6 Å². The molecule has 2 aromatic rings. The Morgan fingerprint density at radius 1 is 1.26 bits per heavy atom. The average molecular weight is 348 g/mol. The van der Waals surface area contributed by atoms with Gasteiger partial charge in [0.25, 0.3) is 5.91 Å². The number of nitrogens with one attached hydrogen (secondary N) is 1. The molecule has 1 aliphatic rings. The highest BCUT2D eigenvalue weighted by Gasteiger charge is 2.36. The Labute approximate surface area is 144 Å². The van der Waals surface area contributed by atoms with Gasteiger partial charge in [-0.3, -0.25) is 4.79 Å². The van der Waals surface area contributed by atoms with E-state index in [-0.39, 0.29) is 5.91 Å². The van der Waals surface area contributed by atoms with Crippen molar-refractivity contribution in [3.63, 3.8) is 0 Å². The predicted molar refractivity (Wildman–Crippen MR) is 95.8 cm³/mol. The van der Waals surface area contributed by atoms with Crippen molar-refractivity contribution in [2.75, 3.05) is 18.1 Å². The monoisotopic (exact) mass is 348 g/mol. The fourth-order valence-corrected chi connectivity index (χ4v) is 4.57. The van der Waals surface area contributed by atoms with Crippen molar-refractivity contribution in [1.82, 2.24) is 10.3 Å². The first-order valence-corrected chi connectivity index (χ1v) is 9.79. The smallest absolute Gasteiger partial charge is 0.252 e. The molecule has 1 saturated heterocycles. The summed E-state index contributed by atoms with van der Waals surface area (Å²) < 4.78 is 0. The van der Waals surface area contributed by atoms with Gasteiger partial charge in [-0.1, -0.05) is 30.3 Å². The van der Waals surface area contributed by atoms with Gasteiger partial charge in [0.2, 0.25) is 0 Å². The number of carbonyl (C=O) groups excluding carboxylic acids is 1. The van der Waals surface area contributed by atoms with Crippen LogP contribution in [0, 0.1) is 0 Å². The molecule has 2 N–H and O–H groups in total. The minimum absolute atomic E-state index is 0.240. The van der Waals surface area contributed by atoms with E-state index in [1.54, 1.807) is 23.1 Å². The molecule has 0 aliphatic carbocycles. The third-order valence-corrected chi connectivity index (χ3v) is 5.91. The van der Waals surface area contributed by atoms with Crippen LogP contribution in [0.15, 0.2) is 35.7 Å². The van der Waals surface area contributed by atoms with Crippen LogP contribution in [0.3, 0.4) is 0 Å². The van der Waals surface area contributed by atoms with Gasteiger partial charge in [0.05, 0.1) is 5.69 Å². The number of aliphatic hydroxyl groups is 1. The number of benzene rings is 1. The molecule has 23 heavy (non-hydrogen) atoms. The molecule has 2 heterocycles. The molecule has 0 saturated carbocycles. The number of nitrogens with zero attached hydrogens (tertiary/aromatic N) is 1. The molecule has 6 heteroatoms. The van der Waals surface area contributed by atoms with Crippen molar-refractivity contribution in [3.05, 3.63) is 41.4 Å². The van der Waals surface area contributed by atoms with Gasteiger partial charge in [-0.2, -0.15) is 11.8 Å². The summed E-state index contributed by atoms with van der Waals surface area (Å²) in [7, 11) is 0. The Morgan fingerprint density at radius 2 is 2.00 bits per heavy atom. The Bertz CT molecular complexity index is 652. The lowest BCUT2D eigenvalue weighted by Gasteiger charge is -2.30. The second-order valence-electron chi connectivity index (χ2n) is 5.66. The number of carbonyl (C=O) groups is 1. The van der Waals surface area contributed by atoms with Gasteiger partial charge < -0.3 is 10.4 Å². The Kier molecular flexibility index (Phi) is 5.35. The van der Waals surface area contributed by atoms with Crippen LogP contribution in [-0.2, 0) is 11.2 Å². The lowest BCUT2D eigenvalue weighted by atomic mass is 9.96. The van der Waals surface area contributed by atoms with E-state index in [1.165, 1.54) is 0 Å². The molecule has 122 valence electrons. The lowest BCUT2D eigenvalue weighted by Crippen LogP contribution is -2.49. The summed E-state index contributed by atoms with van der Waals surface area (Å²) in [6, 6.07) is 10.1. The summed E-state index contributed by atoms with van der Waals surface area (Å²) in [6.45, 7) is 0.506. The van der Waals surface area contributed by atoms with E-state index < -0.39 is 5.60 Å². The first-order chi connectivity index (χ1) is 11.2. The fourth-order valence-electron chi connectivity index (χ4n) is 2.54. The van der Waals surface area contributed by atoms with Crippen LogP contribution in [0.5, 0.6) is 0 Å². The molecule has 0 radical (unpaired) electrons. The molecular weight excluding hydrogens is 328 g/mol. The van der Waals surface area contributed by atoms with Crippen LogP contribution < -0.4 is 5.32 Å². The maximum absolute atomic E-state index is 12.1. The van der Waals surface area contributed by atoms with E-state index in [0.29, 0.717) is 25.8 Å². The van der Waals surface area contributed by atoms with Crippen molar-refractivity contribution >= 4 is 29.0 Å². The SMILES string of the molecule is O=C(NCCc1csc(-c2ccccc2)n1)C1(O)CCSCC1. The maximum Gasteiger partial charge on any atom is 0.252 e. The maximum atomic E-state index is 12.1. The highest BCUT2D eigenvalue weighted by molar-refractivity contribution is 7.99. The summed E-state index contributed by atoms with van der Waals surface area (Å²) in [5.74, 6) is 1.45. The van der Waals surface area contributed by atoms with Crippen LogP contribution in [0.2, 0.25) is 0 Å². The van der Waals surface area contributed by atoms with E-state index in [1.807, 2.05) is 35.7 Å². The number of amides is 1. The van der Waals surface area contributed by atoms with Crippen LogP contribution in [0.1, 0.15) is 18.5 Å². The van der Waals surface area contributed by atoms with Crippen molar-refractivity contribution in [2.24, 2.45) is 0 Å². The van der Waals surface area contributed by atoms with Gasteiger partial charge in [-0.15, -0.1) is 11.3 Å². The van der Waals surface area contributed by atoms with Crippen molar-refractivity contribution in [3.8, 4) is 10.6 Å². The van der Waals surface area contributed by atoms with Crippen LogP contribution in [0.25, 0.3) is 10.6 Å². The van der Waals surface area contributed by atoms with Crippen LogP contribution >= 0.6 is 23.1 Å². The summed E-state index contributed by atoms with van der Waals surface area (Å²) >= 11 is 3.40. The molecule has 1 aliphatic heterocycles. The molecule has 4 nitrogen and oxygen atoms in total.